The molecule has 2 N–H and O–H groups in total. The molecule has 0 radical (unpaired) electrons. The number of fused-ring (bicyclic) bond motifs is 3. The van der Waals surface area contributed by atoms with Gasteiger partial charge in [0.15, 0.2) is 0 Å². The van der Waals surface area contributed by atoms with Crippen LogP contribution in [-0.4, -0.2) is 48.1 Å². The van der Waals surface area contributed by atoms with Gasteiger partial charge in [-0.15, -0.1) is 0 Å². The first-order valence-electron chi connectivity index (χ1n) is 12.9. The van der Waals surface area contributed by atoms with Gasteiger partial charge in [0.1, 0.15) is 0 Å². The zero-order chi connectivity index (χ0) is 23.7. The Morgan fingerprint density at radius 3 is 2.54 bits per heavy atom. The van der Waals surface area contributed by atoms with Crippen molar-refractivity contribution in [1.82, 2.24) is 15.2 Å². The van der Waals surface area contributed by atoms with Crippen LogP contribution in [0.1, 0.15) is 36.8 Å². The summed E-state index contributed by atoms with van der Waals surface area (Å²) >= 11 is 0. The molecule has 1 aromatic heterocycles. The summed E-state index contributed by atoms with van der Waals surface area (Å²) in [7, 11) is 0. The molecule has 0 bridgehead atoms. The van der Waals surface area contributed by atoms with Gasteiger partial charge in [0.05, 0.1) is 11.5 Å². The van der Waals surface area contributed by atoms with Gasteiger partial charge in [-0.25, -0.2) is 0 Å². The molecule has 0 spiro atoms. The number of hydrogen-bond donors (Lipinski definition) is 2. The minimum absolute atomic E-state index is 0.152. The van der Waals surface area contributed by atoms with Crippen LogP contribution in [-0.2, 0) is 21.5 Å². The smallest absolute Gasteiger partial charge is 0.230 e. The number of rotatable bonds is 6. The predicted molar refractivity (Wildman–Crippen MR) is 140 cm³/mol. The van der Waals surface area contributed by atoms with Gasteiger partial charge in [-0.05, 0) is 68.1 Å². The molecule has 35 heavy (non-hydrogen) atoms. The summed E-state index contributed by atoms with van der Waals surface area (Å²) in [4.78, 5) is 19.6. The molecule has 2 aliphatic heterocycles. The number of H-pyrrole nitrogens is 1. The van der Waals surface area contributed by atoms with Crippen molar-refractivity contribution in [2.45, 2.75) is 43.7 Å². The second-order valence-corrected chi connectivity index (χ2v) is 10.1. The Morgan fingerprint density at radius 2 is 1.74 bits per heavy atom. The number of carbonyl (C=O) groups is 1. The Kier molecular flexibility index (Phi) is 6.05. The number of nitrogens with zero attached hydrogens (tertiary/aromatic N) is 1. The second-order valence-electron chi connectivity index (χ2n) is 10.1. The molecule has 6 rings (SSSR count). The first kappa shape index (κ1) is 22.3. The molecule has 5 heteroatoms. The number of hydrogen-bond acceptors (Lipinski definition) is 3. The third-order valence-corrected chi connectivity index (χ3v) is 7.96. The Labute approximate surface area is 206 Å². The van der Waals surface area contributed by atoms with E-state index in [1.54, 1.807) is 0 Å². The summed E-state index contributed by atoms with van der Waals surface area (Å²) in [6.45, 7) is 4.12. The SMILES string of the molecule is O=C(NCC1CCCO1)C1(c2ccccc2)CCN(Cc2ccc3[nH]c4ccccc4c3c2)CC1. The molecule has 1 atom stereocenters. The van der Waals surface area contributed by atoms with Gasteiger partial charge in [0, 0.05) is 41.5 Å². The highest BCUT2D eigenvalue weighted by molar-refractivity contribution is 6.07. The first-order valence-corrected chi connectivity index (χ1v) is 12.9. The van der Waals surface area contributed by atoms with Gasteiger partial charge < -0.3 is 15.0 Å². The van der Waals surface area contributed by atoms with E-state index in [4.69, 9.17) is 4.74 Å². The van der Waals surface area contributed by atoms with Gasteiger partial charge in [0.2, 0.25) is 5.91 Å². The van der Waals surface area contributed by atoms with Crippen LogP contribution in [0.15, 0.2) is 72.8 Å². The topological polar surface area (TPSA) is 57.4 Å². The number of benzene rings is 3. The number of carbonyl (C=O) groups excluding carboxylic acids is 1. The third kappa shape index (κ3) is 4.35. The van der Waals surface area contributed by atoms with Crippen molar-refractivity contribution in [3.05, 3.63) is 83.9 Å². The molecule has 2 fully saturated rings. The zero-order valence-corrected chi connectivity index (χ0v) is 20.1. The molecule has 3 aromatic carbocycles. The van der Waals surface area contributed by atoms with Crippen LogP contribution >= 0.6 is 0 Å². The highest BCUT2D eigenvalue weighted by atomic mass is 16.5. The molecule has 2 aliphatic rings. The standard InChI is InChI=1S/C30H33N3O2/c34-29(31-20-24-9-6-18-35-24)30(23-7-2-1-3-8-23)14-16-33(17-15-30)21-22-12-13-28-26(19-22)25-10-4-5-11-27(25)32-28/h1-5,7-8,10-13,19,24,32H,6,9,14-18,20-21H2,(H,31,34). The maximum absolute atomic E-state index is 13.6. The molecule has 1 unspecified atom stereocenters. The third-order valence-electron chi connectivity index (χ3n) is 7.96. The lowest BCUT2D eigenvalue weighted by atomic mass is 9.72. The lowest BCUT2D eigenvalue weighted by molar-refractivity contribution is -0.129. The van der Waals surface area contributed by atoms with E-state index in [1.807, 2.05) is 18.2 Å². The number of amides is 1. The molecule has 5 nitrogen and oxygen atoms in total. The number of ether oxygens (including phenoxy) is 1. The summed E-state index contributed by atoms with van der Waals surface area (Å²) in [5.41, 5.74) is 4.33. The number of aromatic amines is 1. The fourth-order valence-electron chi connectivity index (χ4n) is 5.93. The number of aromatic nitrogens is 1. The Morgan fingerprint density at radius 1 is 0.971 bits per heavy atom. The van der Waals surface area contributed by atoms with E-state index >= 15 is 0 Å². The van der Waals surface area contributed by atoms with Gasteiger partial charge >= 0.3 is 0 Å². The lowest BCUT2D eigenvalue weighted by Gasteiger charge is -2.41. The van der Waals surface area contributed by atoms with Crippen LogP contribution in [0.25, 0.3) is 21.8 Å². The Bertz CT molecular complexity index is 1320. The van der Waals surface area contributed by atoms with E-state index in [9.17, 15) is 4.79 Å². The normalized spacial score (nSPS) is 20.4. The van der Waals surface area contributed by atoms with E-state index in [0.717, 1.165) is 57.5 Å². The molecule has 4 aromatic rings. The maximum Gasteiger partial charge on any atom is 0.230 e. The van der Waals surface area contributed by atoms with Crippen molar-refractivity contribution in [1.29, 1.82) is 0 Å². The van der Waals surface area contributed by atoms with Gasteiger partial charge in [-0.1, -0.05) is 54.6 Å². The maximum atomic E-state index is 13.6. The molecular formula is C30H33N3O2. The second kappa shape index (κ2) is 9.48. The van der Waals surface area contributed by atoms with Crippen LogP contribution < -0.4 is 5.32 Å². The zero-order valence-electron chi connectivity index (χ0n) is 20.1. The molecule has 0 saturated carbocycles. The van der Waals surface area contributed by atoms with Crippen molar-refractivity contribution in [2.24, 2.45) is 0 Å². The van der Waals surface area contributed by atoms with E-state index < -0.39 is 5.41 Å². The van der Waals surface area contributed by atoms with E-state index in [1.165, 1.54) is 27.4 Å². The largest absolute Gasteiger partial charge is 0.376 e. The van der Waals surface area contributed by atoms with Crippen molar-refractivity contribution >= 4 is 27.7 Å². The Hall–Kier alpha value is -3.15. The average molecular weight is 468 g/mol. The molecule has 3 heterocycles. The van der Waals surface area contributed by atoms with Crippen molar-refractivity contribution < 1.29 is 9.53 Å². The van der Waals surface area contributed by atoms with Crippen LogP contribution in [0.2, 0.25) is 0 Å². The number of piperidine rings is 1. The minimum Gasteiger partial charge on any atom is -0.376 e. The van der Waals surface area contributed by atoms with Crippen molar-refractivity contribution in [3.8, 4) is 0 Å². The highest BCUT2D eigenvalue weighted by Crippen LogP contribution is 2.37. The number of likely N-dealkylation sites (tertiary alicyclic amines) is 1. The van der Waals surface area contributed by atoms with Crippen molar-refractivity contribution in [2.75, 3.05) is 26.2 Å². The summed E-state index contributed by atoms with van der Waals surface area (Å²) in [5, 5.41) is 5.80. The summed E-state index contributed by atoms with van der Waals surface area (Å²) in [6.07, 6.45) is 3.93. The fourth-order valence-corrected chi connectivity index (χ4v) is 5.93. The van der Waals surface area contributed by atoms with Crippen LogP contribution in [0.5, 0.6) is 0 Å². The Balaban J connectivity index is 1.18. The van der Waals surface area contributed by atoms with E-state index in [0.29, 0.717) is 6.54 Å². The summed E-state index contributed by atoms with van der Waals surface area (Å²) < 4.78 is 5.74. The van der Waals surface area contributed by atoms with Gasteiger partial charge in [0.25, 0.3) is 0 Å². The van der Waals surface area contributed by atoms with Crippen LogP contribution in [0.4, 0.5) is 0 Å². The van der Waals surface area contributed by atoms with Crippen LogP contribution in [0, 0.1) is 0 Å². The highest BCUT2D eigenvalue weighted by Gasteiger charge is 2.43. The summed E-state index contributed by atoms with van der Waals surface area (Å²) in [6, 6.07) is 25.6. The van der Waals surface area contributed by atoms with E-state index in [2.05, 4.69) is 69.8 Å². The monoisotopic (exact) mass is 467 g/mol. The molecule has 2 saturated heterocycles. The summed E-state index contributed by atoms with van der Waals surface area (Å²) in [5.74, 6) is 0.152. The van der Waals surface area contributed by atoms with E-state index in [-0.39, 0.29) is 12.0 Å². The van der Waals surface area contributed by atoms with Crippen molar-refractivity contribution in [3.63, 3.8) is 0 Å². The lowest BCUT2D eigenvalue weighted by Crippen LogP contribution is -2.52. The molecule has 0 aliphatic carbocycles. The van der Waals surface area contributed by atoms with Gasteiger partial charge in [-0.2, -0.15) is 0 Å². The quantitative estimate of drug-likeness (QED) is 0.412. The molecule has 1 amide bonds. The molecule has 180 valence electrons. The fraction of sp³-hybridized carbons (Fsp3) is 0.367. The predicted octanol–water partition coefficient (Wildman–Crippen LogP) is 5.15. The average Bonchev–Trinajstić information content (AvgIpc) is 3.56. The van der Waals surface area contributed by atoms with Crippen LogP contribution in [0.3, 0.4) is 0 Å². The number of nitrogens with one attached hydrogen (secondary N) is 2. The number of para-hydroxylation sites is 1. The van der Waals surface area contributed by atoms with Gasteiger partial charge in [-0.3, -0.25) is 9.69 Å². The minimum atomic E-state index is -0.475. The first-order chi connectivity index (χ1) is 17.2. The molecular weight excluding hydrogens is 434 g/mol.